The molecule has 2 N–H and O–H groups in total. The Morgan fingerprint density at radius 1 is 1.50 bits per heavy atom. The Morgan fingerprint density at radius 3 is 2.81 bits per heavy atom. The standard InChI is InChI=1S/C12H15Br2NO/c1-3-4-8(2)15-7-9-5-10(13)6-11(14)12(9)16/h3,5-6,8,15-16H,1,4,7H2,2H3. The highest BCUT2D eigenvalue weighted by Gasteiger charge is 2.08. The van der Waals surface area contributed by atoms with Crippen molar-refractivity contribution in [1.29, 1.82) is 0 Å². The minimum atomic E-state index is 0.293. The van der Waals surface area contributed by atoms with Gasteiger partial charge >= 0.3 is 0 Å². The van der Waals surface area contributed by atoms with Crippen molar-refractivity contribution in [2.75, 3.05) is 0 Å². The van der Waals surface area contributed by atoms with Gasteiger partial charge in [-0.1, -0.05) is 22.0 Å². The first-order valence-electron chi connectivity index (χ1n) is 5.05. The molecule has 0 spiro atoms. The minimum absolute atomic E-state index is 0.293. The third kappa shape index (κ3) is 3.92. The van der Waals surface area contributed by atoms with Crippen LogP contribution in [0.3, 0.4) is 0 Å². The number of halogens is 2. The maximum atomic E-state index is 9.84. The molecule has 1 atom stereocenters. The summed E-state index contributed by atoms with van der Waals surface area (Å²) in [5.41, 5.74) is 0.872. The highest BCUT2D eigenvalue weighted by molar-refractivity contribution is 9.11. The lowest BCUT2D eigenvalue weighted by Gasteiger charge is -2.13. The van der Waals surface area contributed by atoms with E-state index in [0.717, 1.165) is 16.5 Å². The monoisotopic (exact) mass is 347 g/mol. The first kappa shape index (κ1) is 13.7. The molecule has 2 nitrogen and oxygen atoms in total. The molecule has 0 amide bonds. The van der Waals surface area contributed by atoms with E-state index in [1.165, 1.54) is 0 Å². The average Bonchev–Trinajstić information content (AvgIpc) is 2.21. The molecular weight excluding hydrogens is 334 g/mol. The van der Waals surface area contributed by atoms with Gasteiger partial charge in [-0.05, 0) is 41.4 Å². The Bertz CT molecular complexity index is 380. The summed E-state index contributed by atoms with van der Waals surface area (Å²) in [5, 5.41) is 13.2. The number of benzene rings is 1. The fourth-order valence-electron chi connectivity index (χ4n) is 1.37. The Labute approximate surface area is 113 Å². The van der Waals surface area contributed by atoms with Crippen LogP contribution < -0.4 is 5.32 Å². The predicted molar refractivity (Wildman–Crippen MR) is 74.6 cm³/mol. The third-order valence-corrected chi connectivity index (χ3v) is 3.33. The molecule has 0 saturated heterocycles. The van der Waals surface area contributed by atoms with E-state index in [9.17, 15) is 5.11 Å². The van der Waals surface area contributed by atoms with Gasteiger partial charge in [0.25, 0.3) is 0 Å². The van der Waals surface area contributed by atoms with Crippen LogP contribution >= 0.6 is 31.9 Å². The van der Waals surface area contributed by atoms with Gasteiger partial charge in [0.05, 0.1) is 4.47 Å². The summed E-state index contributed by atoms with van der Waals surface area (Å²) < 4.78 is 1.65. The van der Waals surface area contributed by atoms with Gasteiger partial charge in [0.15, 0.2) is 0 Å². The molecule has 1 aromatic rings. The van der Waals surface area contributed by atoms with Crippen molar-refractivity contribution in [1.82, 2.24) is 5.32 Å². The number of phenols is 1. The molecule has 0 aliphatic rings. The second kappa shape index (κ2) is 6.42. The van der Waals surface area contributed by atoms with Gasteiger partial charge in [0.2, 0.25) is 0 Å². The fourth-order valence-corrected chi connectivity index (χ4v) is 2.69. The average molecular weight is 349 g/mol. The van der Waals surface area contributed by atoms with Gasteiger partial charge in [0, 0.05) is 22.6 Å². The number of nitrogens with one attached hydrogen (secondary N) is 1. The molecule has 88 valence electrons. The Hall–Kier alpha value is -0.320. The molecule has 0 aromatic heterocycles. The van der Waals surface area contributed by atoms with Crippen molar-refractivity contribution in [2.45, 2.75) is 25.9 Å². The van der Waals surface area contributed by atoms with E-state index in [1.54, 1.807) is 0 Å². The SMILES string of the molecule is C=CCC(C)NCc1cc(Br)cc(Br)c1O. The van der Waals surface area contributed by atoms with Crippen LogP contribution in [0.5, 0.6) is 5.75 Å². The summed E-state index contributed by atoms with van der Waals surface area (Å²) >= 11 is 6.71. The molecule has 0 radical (unpaired) electrons. The van der Waals surface area contributed by atoms with Gasteiger partial charge in [-0.15, -0.1) is 6.58 Å². The van der Waals surface area contributed by atoms with E-state index in [4.69, 9.17) is 0 Å². The number of aromatic hydroxyl groups is 1. The molecule has 0 saturated carbocycles. The summed E-state index contributed by atoms with van der Waals surface area (Å²) in [6, 6.07) is 4.09. The van der Waals surface area contributed by atoms with Crippen molar-refractivity contribution in [3.63, 3.8) is 0 Å². The van der Waals surface area contributed by atoms with Crippen LogP contribution in [0.15, 0.2) is 33.7 Å². The summed E-state index contributed by atoms with van der Waals surface area (Å²) in [4.78, 5) is 0. The first-order chi connectivity index (χ1) is 7.54. The van der Waals surface area contributed by atoms with E-state index in [2.05, 4.69) is 50.7 Å². The molecule has 0 aliphatic heterocycles. The van der Waals surface area contributed by atoms with Crippen LogP contribution in [-0.2, 0) is 6.54 Å². The van der Waals surface area contributed by atoms with Crippen LogP contribution in [0.2, 0.25) is 0 Å². The van der Waals surface area contributed by atoms with E-state index in [1.807, 2.05) is 18.2 Å². The number of rotatable bonds is 5. The van der Waals surface area contributed by atoms with Crippen molar-refractivity contribution in [2.24, 2.45) is 0 Å². The van der Waals surface area contributed by atoms with Crippen LogP contribution in [0.4, 0.5) is 0 Å². The second-order valence-corrected chi connectivity index (χ2v) is 5.47. The lowest BCUT2D eigenvalue weighted by atomic mass is 10.1. The number of hydrogen-bond donors (Lipinski definition) is 2. The van der Waals surface area contributed by atoms with E-state index < -0.39 is 0 Å². The van der Waals surface area contributed by atoms with Crippen LogP contribution in [0.1, 0.15) is 18.9 Å². The van der Waals surface area contributed by atoms with Crippen molar-refractivity contribution >= 4 is 31.9 Å². The van der Waals surface area contributed by atoms with Crippen LogP contribution in [0, 0.1) is 0 Å². The molecule has 0 aliphatic carbocycles. The highest BCUT2D eigenvalue weighted by Crippen LogP contribution is 2.31. The summed E-state index contributed by atoms with van der Waals surface area (Å²) in [5.74, 6) is 0.293. The van der Waals surface area contributed by atoms with Gasteiger partial charge in [-0.2, -0.15) is 0 Å². The zero-order valence-corrected chi connectivity index (χ0v) is 12.3. The number of phenolic OH excluding ortho intramolecular Hbond substituents is 1. The second-order valence-electron chi connectivity index (χ2n) is 3.70. The third-order valence-electron chi connectivity index (χ3n) is 2.27. The van der Waals surface area contributed by atoms with Crippen molar-refractivity contribution in [3.8, 4) is 5.75 Å². The molecule has 0 heterocycles. The largest absolute Gasteiger partial charge is 0.506 e. The lowest BCUT2D eigenvalue weighted by molar-refractivity contribution is 0.456. The molecule has 0 fully saturated rings. The zero-order chi connectivity index (χ0) is 12.1. The molecule has 1 aromatic carbocycles. The van der Waals surface area contributed by atoms with Gasteiger partial charge in [-0.25, -0.2) is 0 Å². The molecule has 1 unspecified atom stereocenters. The summed E-state index contributed by atoms with van der Waals surface area (Å²) in [6.45, 7) is 6.42. The topological polar surface area (TPSA) is 32.3 Å². The molecule has 0 bridgehead atoms. The predicted octanol–water partition coefficient (Wildman–Crippen LogP) is 3.97. The Balaban J connectivity index is 2.70. The number of hydrogen-bond acceptors (Lipinski definition) is 2. The van der Waals surface area contributed by atoms with Crippen LogP contribution in [-0.4, -0.2) is 11.1 Å². The fraction of sp³-hybridized carbons (Fsp3) is 0.333. The maximum Gasteiger partial charge on any atom is 0.134 e. The Kier molecular flexibility index (Phi) is 5.52. The minimum Gasteiger partial charge on any atom is -0.506 e. The quantitative estimate of drug-likeness (QED) is 0.789. The van der Waals surface area contributed by atoms with Crippen molar-refractivity contribution < 1.29 is 5.11 Å². The molecule has 4 heteroatoms. The van der Waals surface area contributed by atoms with Crippen LogP contribution in [0.25, 0.3) is 0 Å². The smallest absolute Gasteiger partial charge is 0.134 e. The summed E-state index contributed by atoms with van der Waals surface area (Å²) in [7, 11) is 0. The first-order valence-corrected chi connectivity index (χ1v) is 6.64. The molecular formula is C12H15Br2NO. The molecule has 1 rings (SSSR count). The lowest BCUT2D eigenvalue weighted by Crippen LogP contribution is -2.24. The van der Waals surface area contributed by atoms with E-state index in [-0.39, 0.29) is 0 Å². The normalized spacial score (nSPS) is 12.4. The van der Waals surface area contributed by atoms with Crippen molar-refractivity contribution in [3.05, 3.63) is 39.3 Å². The van der Waals surface area contributed by atoms with Gasteiger partial charge < -0.3 is 10.4 Å². The van der Waals surface area contributed by atoms with Gasteiger partial charge in [0.1, 0.15) is 5.75 Å². The molecule has 16 heavy (non-hydrogen) atoms. The summed E-state index contributed by atoms with van der Waals surface area (Å²) in [6.07, 6.45) is 2.80. The van der Waals surface area contributed by atoms with E-state index in [0.29, 0.717) is 22.8 Å². The highest BCUT2D eigenvalue weighted by atomic mass is 79.9. The Morgan fingerprint density at radius 2 is 2.19 bits per heavy atom. The van der Waals surface area contributed by atoms with E-state index >= 15 is 0 Å². The maximum absolute atomic E-state index is 9.84. The van der Waals surface area contributed by atoms with Gasteiger partial charge in [-0.3, -0.25) is 0 Å². The zero-order valence-electron chi connectivity index (χ0n) is 9.13.